The lowest BCUT2D eigenvalue weighted by atomic mass is 9.78. The van der Waals surface area contributed by atoms with Crippen molar-refractivity contribution in [2.24, 2.45) is 5.92 Å². The van der Waals surface area contributed by atoms with Gasteiger partial charge in [0.25, 0.3) is 0 Å². The highest BCUT2D eigenvalue weighted by Gasteiger charge is 2.29. The lowest BCUT2D eigenvalue weighted by Crippen LogP contribution is -2.32. The highest BCUT2D eigenvalue weighted by atomic mass is 16.3. The molecule has 0 bridgehead atoms. The Labute approximate surface area is 90.9 Å². The summed E-state index contributed by atoms with van der Waals surface area (Å²) in [5.41, 5.74) is -0.299. The zero-order chi connectivity index (χ0) is 11.6. The molecule has 1 rings (SSSR count). The lowest BCUT2D eigenvalue weighted by Gasteiger charge is -2.33. The topological polar surface area (TPSA) is 20.2 Å². The van der Waals surface area contributed by atoms with E-state index in [0.717, 1.165) is 25.2 Å². The SMILES string of the molecule is CC.CC.CCC1(O)CCC(C)CC1. The first-order chi connectivity index (χ1) is 6.66. The van der Waals surface area contributed by atoms with Gasteiger partial charge in [0.15, 0.2) is 0 Å². The van der Waals surface area contributed by atoms with Crippen LogP contribution in [-0.2, 0) is 0 Å². The molecule has 0 amide bonds. The number of aliphatic hydroxyl groups is 1. The molecule has 88 valence electrons. The van der Waals surface area contributed by atoms with Gasteiger partial charge in [0.2, 0.25) is 0 Å². The van der Waals surface area contributed by atoms with Crippen molar-refractivity contribution in [3.63, 3.8) is 0 Å². The van der Waals surface area contributed by atoms with Crippen molar-refractivity contribution in [2.75, 3.05) is 0 Å². The van der Waals surface area contributed by atoms with Crippen LogP contribution >= 0.6 is 0 Å². The van der Waals surface area contributed by atoms with Gasteiger partial charge in [-0.1, -0.05) is 41.5 Å². The van der Waals surface area contributed by atoms with Crippen LogP contribution < -0.4 is 0 Å². The van der Waals surface area contributed by atoms with Crippen molar-refractivity contribution >= 4 is 0 Å². The second-order valence-corrected chi connectivity index (χ2v) is 3.76. The summed E-state index contributed by atoms with van der Waals surface area (Å²) >= 11 is 0. The Morgan fingerprint density at radius 2 is 1.43 bits per heavy atom. The van der Waals surface area contributed by atoms with E-state index in [0.29, 0.717) is 0 Å². The van der Waals surface area contributed by atoms with Gasteiger partial charge in [-0.15, -0.1) is 0 Å². The average molecular weight is 202 g/mol. The number of hydrogen-bond acceptors (Lipinski definition) is 1. The van der Waals surface area contributed by atoms with Gasteiger partial charge in [-0.05, 0) is 38.0 Å². The van der Waals surface area contributed by atoms with Crippen molar-refractivity contribution in [3.8, 4) is 0 Å². The summed E-state index contributed by atoms with van der Waals surface area (Å²) < 4.78 is 0. The van der Waals surface area contributed by atoms with Crippen LogP contribution in [0.3, 0.4) is 0 Å². The Kier molecular flexibility index (Phi) is 11.1. The van der Waals surface area contributed by atoms with Crippen LogP contribution in [0, 0.1) is 5.92 Å². The molecule has 14 heavy (non-hydrogen) atoms. The largest absolute Gasteiger partial charge is 0.390 e. The maximum atomic E-state index is 9.80. The normalized spacial score (nSPS) is 30.6. The van der Waals surface area contributed by atoms with E-state index < -0.39 is 0 Å². The predicted octanol–water partition coefficient (Wildman–Crippen LogP) is 4.39. The van der Waals surface area contributed by atoms with Crippen LogP contribution in [0.2, 0.25) is 0 Å². The van der Waals surface area contributed by atoms with Crippen molar-refractivity contribution in [2.45, 2.75) is 79.2 Å². The molecule has 0 saturated heterocycles. The zero-order valence-electron chi connectivity index (χ0n) is 11.1. The van der Waals surface area contributed by atoms with Crippen LogP contribution in [-0.4, -0.2) is 10.7 Å². The summed E-state index contributed by atoms with van der Waals surface area (Å²) in [6.07, 6.45) is 5.39. The van der Waals surface area contributed by atoms with Crippen molar-refractivity contribution < 1.29 is 5.11 Å². The Morgan fingerprint density at radius 3 is 1.71 bits per heavy atom. The maximum absolute atomic E-state index is 9.80. The molecule has 0 spiro atoms. The first-order valence-corrected chi connectivity index (χ1v) is 6.39. The Morgan fingerprint density at radius 1 is 1.07 bits per heavy atom. The Balaban J connectivity index is 0. The maximum Gasteiger partial charge on any atom is 0.0645 e. The number of hydrogen-bond donors (Lipinski definition) is 1. The molecule has 0 atom stereocenters. The third kappa shape index (κ3) is 6.42. The molecule has 1 N–H and O–H groups in total. The molecule has 0 aromatic rings. The molecule has 0 unspecified atom stereocenters. The fourth-order valence-electron chi connectivity index (χ4n) is 1.65. The van der Waals surface area contributed by atoms with Crippen LogP contribution in [0.5, 0.6) is 0 Å². The average Bonchev–Trinajstić information content (AvgIpc) is 2.28. The van der Waals surface area contributed by atoms with Gasteiger partial charge in [0.1, 0.15) is 0 Å². The van der Waals surface area contributed by atoms with Crippen molar-refractivity contribution in [3.05, 3.63) is 0 Å². The fraction of sp³-hybridized carbons (Fsp3) is 1.00. The van der Waals surface area contributed by atoms with E-state index in [2.05, 4.69) is 13.8 Å². The van der Waals surface area contributed by atoms with Crippen molar-refractivity contribution in [1.29, 1.82) is 0 Å². The summed E-state index contributed by atoms with van der Waals surface area (Å²) in [4.78, 5) is 0. The summed E-state index contributed by atoms with van der Waals surface area (Å²) in [6.45, 7) is 12.4. The van der Waals surface area contributed by atoms with E-state index in [1.807, 2.05) is 27.7 Å². The van der Waals surface area contributed by atoms with Crippen LogP contribution in [0.1, 0.15) is 73.6 Å². The fourth-order valence-corrected chi connectivity index (χ4v) is 1.65. The Bertz CT molecular complexity index is 102. The minimum atomic E-state index is -0.299. The van der Waals surface area contributed by atoms with E-state index in [1.54, 1.807) is 0 Å². The van der Waals surface area contributed by atoms with E-state index in [-0.39, 0.29) is 5.60 Å². The second-order valence-electron chi connectivity index (χ2n) is 3.76. The first-order valence-electron chi connectivity index (χ1n) is 6.39. The molecule has 0 aromatic carbocycles. The van der Waals surface area contributed by atoms with Crippen LogP contribution in [0.15, 0.2) is 0 Å². The standard InChI is InChI=1S/C9H18O.2C2H6/c1-3-9(10)6-4-8(2)5-7-9;2*1-2/h8,10H,3-7H2,1-2H3;2*1-2H3. The van der Waals surface area contributed by atoms with Crippen molar-refractivity contribution in [1.82, 2.24) is 0 Å². The van der Waals surface area contributed by atoms with Gasteiger partial charge in [-0.25, -0.2) is 0 Å². The molecule has 0 aliphatic heterocycles. The van der Waals surface area contributed by atoms with Gasteiger partial charge in [0.05, 0.1) is 5.60 Å². The second kappa shape index (κ2) is 9.51. The predicted molar refractivity (Wildman–Crippen MR) is 65.6 cm³/mol. The van der Waals surface area contributed by atoms with Crippen LogP contribution in [0.4, 0.5) is 0 Å². The van der Waals surface area contributed by atoms with Gasteiger partial charge < -0.3 is 5.11 Å². The lowest BCUT2D eigenvalue weighted by molar-refractivity contribution is -0.0103. The zero-order valence-corrected chi connectivity index (χ0v) is 11.1. The summed E-state index contributed by atoms with van der Waals surface area (Å²) in [5, 5.41) is 9.80. The molecule has 1 saturated carbocycles. The molecule has 1 heteroatoms. The van der Waals surface area contributed by atoms with E-state index in [1.165, 1.54) is 12.8 Å². The number of rotatable bonds is 1. The summed E-state index contributed by atoms with van der Waals surface area (Å²) in [5.74, 6) is 0.840. The molecule has 1 aliphatic carbocycles. The van der Waals surface area contributed by atoms with Gasteiger partial charge in [-0.2, -0.15) is 0 Å². The van der Waals surface area contributed by atoms with Crippen LogP contribution in [0.25, 0.3) is 0 Å². The molecular weight excluding hydrogens is 172 g/mol. The van der Waals surface area contributed by atoms with Gasteiger partial charge in [0, 0.05) is 0 Å². The smallest absolute Gasteiger partial charge is 0.0645 e. The summed E-state index contributed by atoms with van der Waals surface area (Å²) in [6, 6.07) is 0. The molecule has 1 nitrogen and oxygen atoms in total. The van der Waals surface area contributed by atoms with Gasteiger partial charge >= 0.3 is 0 Å². The molecule has 1 aliphatic rings. The van der Waals surface area contributed by atoms with Gasteiger partial charge in [-0.3, -0.25) is 0 Å². The van der Waals surface area contributed by atoms with E-state index in [4.69, 9.17) is 0 Å². The molecule has 0 aromatic heterocycles. The van der Waals surface area contributed by atoms with E-state index >= 15 is 0 Å². The minimum absolute atomic E-state index is 0.299. The first kappa shape index (κ1) is 16.4. The molecule has 0 radical (unpaired) electrons. The quantitative estimate of drug-likeness (QED) is 0.668. The minimum Gasteiger partial charge on any atom is -0.390 e. The molecular formula is C13H30O. The highest BCUT2D eigenvalue weighted by Crippen LogP contribution is 2.33. The molecule has 0 heterocycles. The Hall–Kier alpha value is -0.0400. The molecule has 1 fully saturated rings. The van der Waals surface area contributed by atoms with E-state index in [9.17, 15) is 5.11 Å². The monoisotopic (exact) mass is 202 g/mol. The third-order valence-electron chi connectivity index (χ3n) is 2.86. The summed E-state index contributed by atoms with van der Waals surface area (Å²) in [7, 11) is 0. The third-order valence-corrected chi connectivity index (χ3v) is 2.86. The highest BCUT2D eigenvalue weighted by molar-refractivity contribution is 4.82.